The van der Waals surface area contributed by atoms with E-state index in [1.165, 1.54) is 16.7 Å². The van der Waals surface area contributed by atoms with Crippen molar-refractivity contribution in [2.24, 2.45) is 0 Å². The lowest BCUT2D eigenvalue weighted by molar-refractivity contribution is -0.152. The highest BCUT2D eigenvalue weighted by Crippen LogP contribution is 2.32. The molecule has 6 heteroatoms. The number of aliphatic carboxylic acids is 1. The number of amides is 1. The highest BCUT2D eigenvalue weighted by atomic mass is 32.2. The predicted octanol–water partition coefficient (Wildman–Crippen LogP) is 2.22. The molecule has 1 heterocycles. The van der Waals surface area contributed by atoms with Gasteiger partial charge in [0.15, 0.2) is 6.10 Å². The van der Waals surface area contributed by atoms with Crippen LogP contribution >= 0.6 is 11.8 Å². The lowest BCUT2D eigenvalue weighted by Gasteiger charge is -2.29. The summed E-state index contributed by atoms with van der Waals surface area (Å²) in [6.07, 6.45) is 0.0140. The zero-order valence-electron chi connectivity index (χ0n) is 12.1. The summed E-state index contributed by atoms with van der Waals surface area (Å²) >= 11 is 1.51. The summed E-state index contributed by atoms with van der Waals surface area (Å²) in [7, 11) is 0. The van der Waals surface area contributed by atoms with Crippen LogP contribution in [0.2, 0.25) is 0 Å². The van der Waals surface area contributed by atoms with E-state index in [1.54, 1.807) is 19.1 Å². The van der Waals surface area contributed by atoms with Gasteiger partial charge >= 0.3 is 5.97 Å². The molecule has 1 amide bonds. The number of hydrogen-bond acceptors (Lipinski definition) is 4. The fourth-order valence-electron chi connectivity index (χ4n) is 2.33. The third kappa shape index (κ3) is 3.50. The van der Waals surface area contributed by atoms with Crippen molar-refractivity contribution in [2.45, 2.75) is 37.8 Å². The molecule has 21 heavy (non-hydrogen) atoms. The molecule has 0 bridgehead atoms. The fourth-order valence-corrected chi connectivity index (χ4v) is 3.68. The number of thioether (sulfide) groups is 1. The van der Waals surface area contributed by atoms with Gasteiger partial charge in [0.1, 0.15) is 11.8 Å². The Balaban J connectivity index is 2.10. The second-order valence-electron chi connectivity index (χ2n) is 4.87. The van der Waals surface area contributed by atoms with Gasteiger partial charge in [-0.15, -0.1) is 11.8 Å². The second kappa shape index (κ2) is 6.85. The van der Waals surface area contributed by atoms with Gasteiger partial charge < -0.3 is 14.7 Å². The second-order valence-corrected chi connectivity index (χ2v) is 6.08. The van der Waals surface area contributed by atoms with E-state index in [2.05, 4.69) is 0 Å². The molecule has 0 aromatic heterocycles. The quantitative estimate of drug-likeness (QED) is 0.903. The summed E-state index contributed by atoms with van der Waals surface area (Å²) in [6, 6.07) is 8.29. The molecule has 114 valence electrons. The molecule has 1 aromatic carbocycles. The average Bonchev–Trinajstić information content (AvgIpc) is 2.91. The normalized spacial score (nSPS) is 22.9. The SMILES string of the molecule is CCC1SCC(C(=O)O)N1C(=O)C(C)Oc1ccccc1. The molecule has 0 radical (unpaired) electrons. The Labute approximate surface area is 128 Å². The first-order valence-electron chi connectivity index (χ1n) is 6.93. The zero-order valence-corrected chi connectivity index (χ0v) is 12.9. The van der Waals surface area contributed by atoms with Crippen LogP contribution in [-0.4, -0.2) is 45.2 Å². The number of nitrogens with zero attached hydrogens (tertiary/aromatic N) is 1. The zero-order chi connectivity index (χ0) is 15.4. The molecule has 0 aliphatic carbocycles. The van der Waals surface area contributed by atoms with E-state index in [-0.39, 0.29) is 11.3 Å². The van der Waals surface area contributed by atoms with Crippen molar-refractivity contribution in [3.63, 3.8) is 0 Å². The first kappa shape index (κ1) is 15.7. The molecule has 1 N–H and O–H groups in total. The maximum absolute atomic E-state index is 12.6. The number of rotatable bonds is 5. The molecule has 1 aromatic rings. The van der Waals surface area contributed by atoms with Crippen molar-refractivity contribution in [3.8, 4) is 5.75 Å². The number of carbonyl (C=O) groups excluding carboxylic acids is 1. The molecule has 3 unspecified atom stereocenters. The largest absolute Gasteiger partial charge is 0.481 e. The predicted molar refractivity (Wildman–Crippen MR) is 81.3 cm³/mol. The average molecular weight is 309 g/mol. The molecule has 5 nitrogen and oxygen atoms in total. The van der Waals surface area contributed by atoms with Gasteiger partial charge in [-0.2, -0.15) is 0 Å². The molecule has 1 saturated heterocycles. The van der Waals surface area contributed by atoms with Gasteiger partial charge in [-0.1, -0.05) is 25.1 Å². The van der Waals surface area contributed by atoms with Gasteiger partial charge in [-0.05, 0) is 25.5 Å². The minimum atomic E-state index is -0.960. The number of hydrogen-bond donors (Lipinski definition) is 1. The van der Waals surface area contributed by atoms with Crippen molar-refractivity contribution in [1.29, 1.82) is 0 Å². The van der Waals surface area contributed by atoms with Crippen LogP contribution in [0.5, 0.6) is 5.75 Å². The van der Waals surface area contributed by atoms with E-state index in [0.29, 0.717) is 11.5 Å². The molecule has 1 aliphatic heterocycles. The third-order valence-electron chi connectivity index (χ3n) is 3.39. The minimum absolute atomic E-state index is 0.0968. The summed E-state index contributed by atoms with van der Waals surface area (Å²) in [5.74, 6) is -0.204. The van der Waals surface area contributed by atoms with Gasteiger partial charge in [-0.25, -0.2) is 4.79 Å². The van der Waals surface area contributed by atoms with E-state index < -0.39 is 18.1 Å². The fraction of sp³-hybridized carbons (Fsp3) is 0.467. The Bertz CT molecular complexity index is 508. The number of carboxylic acid groups (broad SMARTS) is 1. The van der Waals surface area contributed by atoms with E-state index in [9.17, 15) is 14.7 Å². The van der Waals surface area contributed by atoms with Gasteiger partial charge in [-0.3, -0.25) is 4.79 Å². The molecular weight excluding hydrogens is 290 g/mol. The summed E-state index contributed by atoms with van der Waals surface area (Å²) in [5.41, 5.74) is 0. The Kier molecular flexibility index (Phi) is 5.12. The number of carboxylic acids is 1. The summed E-state index contributed by atoms with van der Waals surface area (Å²) in [5, 5.41) is 9.17. The van der Waals surface area contributed by atoms with Crippen molar-refractivity contribution < 1.29 is 19.4 Å². The van der Waals surface area contributed by atoms with Crippen molar-refractivity contribution in [2.75, 3.05) is 5.75 Å². The Morgan fingerprint density at radius 1 is 1.43 bits per heavy atom. The Hall–Kier alpha value is -1.69. The molecule has 3 atom stereocenters. The van der Waals surface area contributed by atoms with Crippen LogP contribution in [0.25, 0.3) is 0 Å². The molecule has 1 aliphatic rings. The van der Waals surface area contributed by atoms with Crippen LogP contribution < -0.4 is 4.74 Å². The van der Waals surface area contributed by atoms with Gasteiger partial charge in [0.2, 0.25) is 0 Å². The molecule has 0 spiro atoms. The lowest BCUT2D eigenvalue weighted by atomic mass is 10.2. The first-order chi connectivity index (χ1) is 10.0. The number of para-hydroxylation sites is 1. The van der Waals surface area contributed by atoms with Crippen molar-refractivity contribution in [1.82, 2.24) is 4.90 Å². The summed E-state index contributed by atoms with van der Waals surface area (Å²) < 4.78 is 5.62. The van der Waals surface area contributed by atoms with Crippen molar-refractivity contribution >= 4 is 23.6 Å². The topological polar surface area (TPSA) is 66.8 Å². The Morgan fingerprint density at radius 3 is 2.67 bits per heavy atom. The van der Waals surface area contributed by atoms with Crippen LogP contribution in [0.1, 0.15) is 20.3 Å². The standard InChI is InChI=1S/C15H19NO4S/c1-3-13-16(12(9-21-13)15(18)19)14(17)10(2)20-11-7-5-4-6-8-11/h4-8,10,12-13H,3,9H2,1-2H3,(H,18,19). The summed E-state index contributed by atoms with van der Waals surface area (Å²) in [4.78, 5) is 25.3. The highest BCUT2D eigenvalue weighted by Gasteiger charge is 2.42. The number of ether oxygens (including phenoxy) is 1. The van der Waals surface area contributed by atoms with Crippen LogP contribution in [0.4, 0.5) is 0 Å². The van der Waals surface area contributed by atoms with E-state index in [0.717, 1.165) is 6.42 Å². The third-order valence-corrected chi connectivity index (χ3v) is 4.84. The molecular formula is C15H19NO4S. The van der Waals surface area contributed by atoms with Crippen LogP contribution in [0, 0.1) is 0 Å². The van der Waals surface area contributed by atoms with Crippen molar-refractivity contribution in [3.05, 3.63) is 30.3 Å². The van der Waals surface area contributed by atoms with E-state index in [1.807, 2.05) is 25.1 Å². The first-order valence-corrected chi connectivity index (χ1v) is 7.97. The lowest BCUT2D eigenvalue weighted by Crippen LogP contribution is -2.50. The van der Waals surface area contributed by atoms with Crippen LogP contribution in [0.3, 0.4) is 0 Å². The van der Waals surface area contributed by atoms with E-state index in [4.69, 9.17) is 4.74 Å². The maximum Gasteiger partial charge on any atom is 0.327 e. The maximum atomic E-state index is 12.6. The summed E-state index contributed by atoms with van der Waals surface area (Å²) in [6.45, 7) is 3.61. The van der Waals surface area contributed by atoms with Crippen LogP contribution in [0.15, 0.2) is 30.3 Å². The highest BCUT2D eigenvalue weighted by molar-refractivity contribution is 8.00. The van der Waals surface area contributed by atoms with Crippen LogP contribution in [-0.2, 0) is 9.59 Å². The molecule has 2 rings (SSSR count). The minimum Gasteiger partial charge on any atom is -0.481 e. The van der Waals surface area contributed by atoms with Gasteiger partial charge in [0.05, 0.1) is 5.37 Å². The Morgan fingerprint density at radius 2 is 2.10 bits per heavy atom. The van der Waals surface area contributed by atoms with Gasteiger partial charge in [0.25, 0.3) is 5.91 Å². The number of benzene rings is 1. The molecule has 0 saturated carbocycles. The number of carbonyl (C=O) groups is 2. The smallest absolute Gasteiger partial charge is 0.327 e. The monoisotopic (exact) mass is 309 g/mol. The van der Waals surface area contributed by atoms with Gasteiger partial charge in [0, 0.05) is 5.75 Å². The van der Waals surface area contributed by atoms with E-state index >= 15 is 0 Å². The molecule has 1 fully saturated rings.